The van der Waals surface area contributed by atoms with Crippen molar-refractivity contribution in [3.63, 3.8) is 0 Å². The van der Waals surface area contributed by atoms with Gasteiger partial charge in [0.05, 0.1) is 26.9 Å². The van der Waals surface area contributed by atoms with Gasteiger partial charge in [0.1, 0.15) is 0 Å². The SMILES string of the molecule is COc1ccc(C(=O)C2C3CCCC32)c(OC)c1OC. The van der Waals surface area contributed by atoms with Crippen LogP contribution in [0.5, 0.6) is 17.2 Å². The molecule has 108 valence electrons. The minimum Gasteiger partial charge on any atom is -0.493 e. The zero-order chi connectivity index (χ0) is 14.3. The molecule has 1 aromatic carbocycles. The van der Waals surface area contributed by atoms with Crippen LogP contribution in [0.25, 0.3) is 0 Å². The van der Waals surface area contributed by atoms with Crippen molar-refractivity contribution in [3.05, 3.63) is 17.7 Å². The van der Waals surface area contributed by atoms with Gasteiger partial charge >= 0.3 is 0 Å². The molecule has 0 aromatic heterocycles. The van der Waals surface area contributed by atoms with E-state index in [9.17, 15) is 4.79 Å². The average Bonchev–Trinajstić information content (AvgIpc) is 2.96. The molecule has 4 nitrogen and oxygen atoms in total. The Kier molecular flexibility index (Phi) is 3.32. The molecule has 20 heavy (non-hydrogen) atoms. The highest BCUT2D eigenvalue weighted by atomic mass is 16.5. The first kappa shape index (κ1) is 13.3. The highest BCUT2D eigenvalue weighted by Crippen LogP contribution is 2.59. The molecule has 0 saturated heterocycles. The number of rotatable bonds is 5. The van der Waals surface area contributed by atoms with Gasteiger partial charge in [0.2, 0.25) is 5.75 Å². The van der Waals surface area contributed by atoms with E-state index in [4.69, 9.17) is 14.2 Å². The number of Topliss-reactive ketones (excluding diaryl/α,β-unsaturated/α-hetero) is 1. The van der Waals surface area contributed by atoms with Gasteiger partial charge in [-0.1, -0.05) is 6.42 Å². The van der Waals surface area contributed by atoms with E-state index in [1.54, 1.807) is 33.5 Å². The predicted octanol–water partition coefficient (Wildman–Crippen LogP) is 2.94. The third-order valence-corrected chi connectivity index (χ3v) is 4.68. The van der Waals surface area contributed by atoms with Crippen LogP contribution in [0.4, 0.5) is 0 Å². The summed E-state index contributed by atoms with van der Waals surface area (Å²) >= 11 is 0. The third-order valence-electron chi connectivity index (χ3n) is 4.68. The molecule has 2 saturated carbocycles. The van der Waals surface area contributed by atoms with Gasteiger partial charge in [-0.15, -0.1) is 0 Å². The Morgan fingerprint density at radius 1 is 1.00 bits per heavy atom. The second kappa shape index (κ2) is 5.00. The average molecular weight is 276 g/mol. The Labute approximate surface area is 119 Å². The van der Waals surface area contributed by atoms with E-state index in [0.717, 1.165) is 0 Å². The Morgan fingerprint density at radius 3 is 2.20 bits per heavy atom. The predicted molar refractivity (Wildman–Crippen MR) is 74.7 cm³/mol. The first-order valence-corrected chi connectivity index (χ1v) is 7.06. The van der Waals surface area contributed by atoms with Crippen LogP contribution in [0, 0.1) is 17.8 Å². The minimum absolute atomic E-state index is 0.191. The molecule has 0 radical (unpaired) electrons. The van der Waals surface area contributed by atoms with Crippen LogP contribution in [-0.2, 0) is 0 Å². The van der Waals surface area contributed by atoms with Crippen LogP contribution >= 0.6 is 0 Å². The van der Waals surface area contributed by atoms with E-state index in [1.807, 2.05) is 0 Å². The molecule has 1 aromatic rings. The van der Waals surface area contributed by atoms with Crippen LogP contribution in [0.1, 0.15) is 29.6 Å². The lowest BCUT2D eigenvalue weighted by molar-refractivity contribution is 0.0948. The van der Waals surface area contributed by atoms with Crippen LogP contribution < -0.4 is 14.2 Å². The second-order valence-electron chi connectivity index (χ2n) is 5.53. The van der Waals surface area contributed by atoms with Crippen LogP contribution in [0.3, 0.4) is 0 Å². The lowest BCUT2D eigenvalue weighted by Crippen LogP contribution is -2.09. The molecule has 2 fully saturated rings. The Morgan fingerprint density at radius 2 is 1.65 bits per heavy atom. The topological polar surface area (TPSA) is 44.8 Å². The molecule has 0 bridgehead atoms. The summed E-state index contributed by atoms with van der Waals surface area (Å²) in [5.74, 6) is 3.14. The van der Waals surface area contributed by atoms with Crippen LogP contribution in [-0.4, -0.2) is 27.1 Å². The van der Waals surface area contributed by atoms with Gasteiger partial charge in [-0.2, -0.15) is 0 Å². The van der Waals surface area contributed by atoms with Crippen LogP contribution in [0.15, 0.2) is 12.1 Å². The molecular formula is C16H20O4. The molecule has 0 heterocycles. The van der Waals surface area contributed by atoms with Gasteiger partial charge in [0.15, 0.2) is 17.3 Å². The number of hydrogen-bond acceptors (Lipinski definition) is 4. The maximum atomic E-state index is 12.7. The maximum Gasteiger partial charge on any atom is 0.204 e. The summed E-state index contributed by atoms with van der Waals surface area (Å²) < 4.78 is 16.0. The summed E-state index contributed by atoms with van der Waals surface area (Å²) in [6.07, 6.45) is 3.65. The Bertz CT molecular complexity index is 528. The fourth-order valence-corrected chi connectivity index (χ4v) is 3.69. The largest absolute Gasteiger partial charge is 0.493 e. The molecule has 3 rings (SSSR count). The highest BCUT2D eigenvalue weighted by molar-refractivity contribution is 6.03. The number of hydrogen-bond donors (Lipinski definition) is 0. The fraction of sp³-hybridized carbons (Fsp3) is 0.562. The number of carbonyl (C=O) groups excluding carboxylic acids is 1. The van der Waals surface area contributed by atoms with E-state index in [0.29, 0.717) is 34.6 Å². The minimum atomic E-state index is 0.191. The van der Waals surface area contributed by atoms with Gasteiger partial charge in [-0.25, -0.2) is 0 Å². The maximum absolute atomic E-state index is 12.7. The molecule has 2 unspecified atom stereocenters. The first-order valence-electron chi connectivity index (χ1n) is 7.06. The number of benzene rings is 1. The van der Waals surface area contributed by atoms with Crippen molar-refractivity contribution in [2.75, 3.05) is 21.3 Å². The molecule has 0 N–H and O–H groups in total. The Balaban J connectivity index is 1.95. The first-order chi connectivity index (χ1) is 9.72. The van der Waals surface area contributed by atoms with Gasteiger partial charge in [-0.3, -0.25) is 4.79 Å². The van der Waals surface area contributed by atoms with Crippen molar-refractivity contribution in [3.8, 4) is 17.2 Å². The smallest absolute Gasteiger partial charge is 0.204 e. The summed E-state index contributed by atoms with van der Waals surface area (Å²) in [5, 5.41) is 0. The quantitative estimate of drug-likeness (QED) is 0.776. The normalized spacial score (nSPS) is 26.9. The fourth-order valence-electron chi connectivity index (χ4n) is 3.69. The molecule has 0 amide bonds. The van der Waals surface area contributed by atoms with E-state index in [1.165, 1.54) is 19.3 Å². The number of carbonyl (C=O) groups is 1. The molecule has 0 aliphatic heterocycles. The lowest BCUT2D eigenvalue weighted by Gasteiger charge is -2.15. The molecule has 0 spiro atoms. The number of ether oxygens (including phenoxy) is 3. The van der Waals surface area contributed by atoms with Gasteiger partial charge in [-0.05, 0) is 36.8 Å². The van der Waals surface area contributed by atoms with Gasteiger partial charge in [0.25, 0.3) is 0 Å². The zero-order valence-electron chi connectivity index (χ0n) is 12.1. The summed E-state index contributed by atoms with van der Waals surface area (Å²) in [4.78, 5) is 12.7. The van der Waals surface area contributed by atoms with Gasteiger partial charge < -0.3 is 14.2 Å². The highest BCUT2D eigenvalue weighted by Gasteiger charge is 2.56. The second-order valence-corrected chi connectivity index (χ2v) is 5.53. The standard InChI is InChI=1S/C16H20O4/c1-18-12-8-7-11(15(19-2)16(12)20-3)14(17)13-9-5-4-6-10(9)13/h7-10,13H,4-6H2,1-3H3. The van der Waals surface area contributed by atoms with E-state index in [-0.39, 0.29) is 11.7 Å². The van der Waals surface area contributed by atoms with Crippen molar-refractivity contribution in [2.24, 2.45) is 17.8 Å². The van der Waals surface area contributed by atoms with E-state index >= 15 is 0 Å². The van der Waals surface area contributed by atoms with Crippen molar-refractivity contribution < 1.29 is 19.0 Å². The van der Waals surface area contributed by atoms with Crippen molar-refractivity contribution in [1.82, 2.24) is 0 Å². The zero-order valence-corrected chi connectivity index (χ0v) is 12.1. The summed E-state index contributed by atoms with van der Waals surface area (Å²) in [6, 6.07) is 3.56. The van der Waals surface area contributed by atoms with E-state index < -0.39 is 0 Å². The molecule has 2 atom stereocenters. The summed E-state index contributed by atoms with van der Waals surface area (Å²) in [7, 11) is 4.69. The summed E-state index contributed by atoms with van der Waals surface area (Å²) in [5.41, 5.74) is 0.615. The van der Waals surface area contributed by atoms with Crippen molar-refractivity contribution in [1.29, 1.82) is 0 Å². The van der Waals surface area contributed by atoms with Crippen molar-refractivity contribution >= 4 is 5.78 Å². The van der Waals surface area contributed by atoms with Crippen LogP contribution in [0.2, 0.25) is 0 Å². The number of methoxy groups -OCH3 is 3. The van der Waals surface area contributed by atoms with Gasteiger partial charge in [0, 0.05) is 5.92 Å². The molecule has 4 heteroatoms. The molecule has 2 aliphatic carbocycles. The Hall–Kier alpha value is -1.71. The third kappa shape index (κ3) is 1.86. The van der Waals surface area contributed by atoms with Crippen molar-refractivity contribution in [2.45, 2.75) is 19.3 Å². The monoisotopic (exact) mass is 276 g/mol. The number of fused-ring (bicyclic) bond motifs is 1. The lowest BCUT2D eigenvalue weighted by atomic mass is 10.00. The van der Waals surface area contributed by atoms with E-state index in [2.05, 4.69) is 0 Å². The molecule has 2 aliphatic rings. The molecular weight excluding hydrogens is 256 g/mol. The summed E-state index contributed by atoms with van der Waals surface area (Å²) in [6.45, 7) is 0. The number of ketones is 1.